The number of rotatable bonds is 4. The maximum Gasteiger partial charge on any atom is 0.315 e. The minimum atomic E-state index is -0.835. The second-order valence-corrected chi connectivity index (χ2v) is 5.66. The number of hydrogen-bond acceptors (Lipinski definition) is 2. The van der Waals surface area contributed by atoms with Gasteiger partial charge in [0.05, 0.1) is 12.0 Å². The summed E-state index contributed by atoms with van der Waals surface area (Å²) in [6.07, 6.45) is 7.41. The molecule has 1 saturated carbocycles. The van der Waals surface area contributed by atoms with Gasteiger partial charge in [0, 0.05) is 6.54 Å². The Morgan fingerprint density at radius 1 is 1.39 bits per heavy atom. The lowest BCUT2D eigenvalue weighted by Gasteiger charge is -2.38. The lowest BCUT2D eigenvalue weighted by Crippen LogP contribution is -2.46. The number of carboxylic acids is 1. The molecule has 0 aromatic carbocycles. The van der Waals surface area contributed by atoms with Gasteiger partial charge in [0.25, 0.3) is 0 Å². The van der Waals surface area contributed by atoms with Crippen LogP contribution in [0.15, 0.2) is 12.2 Å². The third kappa shape index (κ3) is 3.03. The van der Waals surface area contributed by atoms with Gasteiger partial charge < -0.3 is 15.7 Å². The highest BCUT2D eigenvalue weighted by Crippen LogP contribution is 2.39. The van der Waals surface area contributed by atoms with Crippen molar-refractivity contribution in [1.82, 2.24) is 10.6 Å². The summed E-state index contributed by atoms with van der Waals surface area (Å²) in [5.41, 5.74) is 0.256. The number of amides is 2. The molecule has 2 unspecified atom stereocenters. The molecule has 100 valence electrons. The summed E-state index contributed by atoms with van der Waals surface area (Å²) in [5, 5.41) is 14.5. The smallest absolute Gasteiger partial charge is 0.315 e. The van der Waals surface area contributed by atoms with E-state index >= 15 is 0 Å². The van der Waals surface area contributed by atoms with Gasteiger partial charge in [0.2, 0.25) is 0 Å². The van der Waals surface area contributed by atoms with Gasteiger partial charge in [-0.2, -0.15) is 0 Å². The summed E-state index contributed by atoms with van der Waals surface area (Å²) in [7, 11) is 0. The molecular formula is C13H20N2O3. The first kappa shape index (κ1) is 12.9. The Morgan fingerprint density at radius 2 is 2.11 bits per heavy atom. The number of nitrogens with one attached hydrogen (secondary N) is 2. The molecule has 0 aromatic heterocycles. The van der Waals surface area contributed by atoms with Crippen LogP contribution in [0.4, 0.5) is 4.79 Å². The van der Waals surface area contributed by atoms with Gasteiger partial charge in [-0.1, -0.05) is 25.5 Å². The second kappa shape index (κ2) is 5.00. The van der Waals surface area contributed by atoms with E-state index in [1.165, 1.54) is 6.42 Å². The Morgan fingerprint density at radius 3 is 2.61 bits per heavy atom. The van der Waals surface area contributed by atoms with E-state index in [4.69, 9.17) is 5.11 Å². The Kier molecular flexibility index (Phi) is 3.59. The number of aliphatic carboxylic acids is 1. The maximum absolute atomic E-state index is 11.7. The SMILES string of the molecule is CC1(CNC(=O)NC2C=CC(C(=O)O)C2)CCC1. The normalized spacial score (nSPS) is 28.5. The number of hydrogen-bond donors (Lipinski definition) is 3. The highest BCUT2D eigenvalue weighted by atomic mass is 16.4. The van der Waals surface area contributed by atoms with Crippen molar-refractivity contribution >= 4 is 12.0 Å². The van der Waals surface area contributed by atoms with Crippen LogP contribution in [0, 0.1) is 11.3 Å². The van der Waals surface area contributed by atoms with E-state index in [2.05, 4.69) is 17.6 Å². The van der Waals surface area contributed by atoms with Gasteiger partial charge in [-0.15, -0.1) is 0 Å². The van der Waals surface area contributed by atoms with E-state index in [-0.39, 0.29) is 17.5 Å². The summed E-state index contributed by atoms with van der Waals surface area (Å²) < 4.78 is 0. The van der Waals surface area contributed by atoms with Crippen LogP contribution in [0.2, 0.25) is 0 Å². The van der Waals surface area contributed by atoms with E-state index in [0.29, 0.717) is 13.0 Å². The zero-order valence-electron chi connectivity index (χ0n) is 10.6. The molecule has 0 aliphatic heterocycles. The van der Waals surface area contributed by atoms with Crippen LogP contribution < -0.4 is 10.6 Å². The van der Waals surface area contributed by atoms with E-state index in [0.717, 1.165) is 12.8 Å². The Bertz CT molecular complexity index is 374. The van der Waals surface area contributed by atoms with Gasteiger partial charge >= 0.3 is 12.0 Å². The monoisotopic (exact) mass is 252 g/mol. The third-order valence-electron chi connectivity index (χ3n) is 3.95. The summed E-state index contributed by atoms with van der Waals surface area (Å²) in [6.45, 7) is 2.87. The Hall–Kier alpha value is -1.52. The fraction of sp³-hybridized carbons (Fsp3) is 0.692. The molecule has 2 aliphatic carbocycles. The fourth-order valence-electron chi connectivity index (χ4n) is 2.46. The van der Waals surface area contributed by atoms with Crippen LogP contribution in [0.25, 0.3) is 0 Å². The van der Waals surface area contributed by atoms with Gasteiger partial charge in [-0.3, -0.25) is 4.79 Å². The molecule has 2 aliphatic rings. The van der Waals surface area contributed by atoms with E-state index < -0.39 is 11.9 Å². The Balaban J connectivity index is 1.69. The zero-order valence-corrected chi connectivity index (χ0v) is 10.6. The van der Waals surface area contributed by atoms with Gasteiger partial charge in [0.15, 0.2) is 0 Å². The van der Waals surface area contributed by atoms with Crippen molar-refractivity contribution in [1.29, 1.82) is 0 Å². The highest BCUT2D eigenvalue weighted by molar-refractivity contribution is 5.76. The molecule has 5 nitrogen and oxygen atoms in total. The molecule has 0 heterocycles. The number of carbonyl (C=O) groups is 2. The standard InChI is InChI=1S/C13H20N2O3/c1-13(5-2-6-13)8-14-12(18)15-10-4-3-9(7-10)11(16)17/h3-4,9-10H,2,5-8H2,1H3,(H,16,17)(H2,14,15,18). The summed E-state index contributed by atoms with van der Waals surface area (Å²) in [4.78, 5) is 22.4. The summed E-state index contributed by atoms with van der Waals surface area (Å²) in [6, 6.07) is -0.371. The second-order valence-electron chi connectivity index (χ2n) is 5.66. The molecule has 2 amide bonds. The van der Waals surface area contributed by atoms with E-state index in [9.17, 15) is 9.59 Å². The predicted octanol–water partition coefficient (Wildman–Crippen LogP) is 1.51. The van der Waals surface area contributed by atoms with Crippen LogP contribution in [-0.4, -0.2) is 29.7 Å². The lowest BCUT2D eigenvalue weighted by molar-refractivity contribution is -0.140. The first-order valence-corrected chi connectivity index (χ1v) is 6.44. The average molecular weight is 252 g/mol. The molecule has 0 radical (unpaired) electrons. The molecule has 1 fully saturated rings. The van der Waals surface area contributed by atoms with Gasteiger partial charge in [-0.25, -0.2) is 4.79 Å². The van der Waals surface area contributed by atoms with Crippen molar-refractivity contribution in [2.75, 3.05) is 6.54 Å². The first-order valence-electron chi connectivity index (χ1n) is 6.44. The average Bonchev–Trinajstić information content (AvgIpc) is 2.72. The number of urea groups is 1. The molecule has 2 atom stereocenters. The Labute approximate surface area is 107 Å². The molecule has 2 rings (SSSR count). The molecule has 0 aromatic rings. The molecule has 0 saturated heterocycles. The highest BCUT2D eigenvalue weighted by Gasteiger charge is 2.32. The quantitative estimate of drug-likeness (QED) is 0.663. The first-order chi connectivity index (χ1) is 8.48. The van der Waals surface area contributed by atoms with Crippen LogP contribution in [0.5, 0.6) is 0 Å². The van der Waals surface area contributed by atoms with Gasteiger partial charge in [0.1, 0.15) is 0 Å². The van der Waals surface area contributed by atoms with E-state index in [1.54, 1.807) is 12.2 Å². The van der Waals surface area contributed by atoms with Crippen molar-refractivity contribution in [3.63, 3.8) is 0 Å². The third-order valence-corrected chi connectivity index (χ3v) is 3.95. The van der Waals surface area contributed by atoms with Gasteiger partial charge in [-0.05, 0) is 24.7 Å². The van der Waals surface area contributed by atoms with Crippen molar-refractivity contribution in [3.05, 3.63) is 12.2 Å². The zero-order chi connectivity index (χ0) is 13.2. The maximum atomic E-state index is 11.7. The minimum Gasteiger partial charge on any atom is -0.481 e. The summed E-state index contributed by atoms with van der Waals surface area (Å²) in [5.74, 6) is -1.31. The van der Waals surface area contributed by atoms with Crippen LogP contribution in [0.1, 0.15) is 32.6 Å². The van der Waals surface area contributed by atoms with Crippen LogP contribution >= 0.6 is 0 Å². The van der Waals surface area contributed by atoms with Crippen LogP contribution in [-0.2, 0) is 4.79 Å². The van der Waals surface area contributed by atoms with Crippen molar-refractivity contribution in [2.45, 2.75) is 38.6 Å². The molecule has 18 heavy (non-hydrogen) atoms. The minimum absolute atomic E-state index is 0.166. The topological polar surface area (TPSA) is 78.4 Å². The number of carbonyl (C=O) groups excluding carboxylic acids is 1. The van der Waals surface area contributed by atoms with Crippen molar-refractivity contribution in [3.8, 4) is 0 Å². The van der Waals surface area contributed by atoms with Crippen molar-refractivity contribution in [2.24, 2.45) is 11.3 Å². The molecule has 0 bridgehead atoms. The fourth-order valence-corrected chi connectivity index (χ4v) is 2.46. The molecular weight excluding hydrogens is 232 g/mol. The summed E-state index contributed by atoms with van der Waals surface area (Å²) >= 11 is 0. The molecule has 0 spiro atoms. The van der Waals surface area contributed by atoms with Crippen LogP contribution in [0.3, 0.4) is 0 Å². The molecule has 3 N–H and O–H groups in total. The van der Waals surface area contributed by atoms with Crippen molar-refractivity contribution < 1.29 is 14.7 Å². The molecule has 5 heteroatoms. The van der Waals surface area contributed by atoms with E-state index in [1.807, 2.05) is 0 Å². The lowest BCUT2D eigenvalue weighted by atomic mass is 9.70. The number of carboxylic acid groups (broad SMARTS) is 1. The largest absolute Gasteiger partial charge is 0.481 e. The predicted molar refractivity (Wildman–Crippen MR) is 67.2 cm³/mol.